The Bertz CT molecular complexity index is 1180. The van der Waals surface area contributed by atoms with Crippen LogP contribution in [0.25, 0.3) is 11.0 Å². The Morgan fingerprint density at radius 1 is 1.18 bits per heavy atom. The molecule has 1 saturated heterocycles. The first-order valence-electron chi connectivity index (χ1n) is 11.4. The number of hydrogen-bond acceptors (Lipinski definition) is 6. The Hall–Kier alpha value is -2.84. The van der Waals surface area contributed by atoms with Crippen molar-refractivity contribution < 1.29 is 9.13 Å². The minimum Gasteiger partial charge on any atom is -0.379 e. The molecule has 0 saturated carbocycles. The summed E-state index contributed by atoms with van der Waals surface area (Å²) in [6, 6.07) is 8.32. The number of benzene rings is 1. The number of ether oxygens (including phenoxy) is 1. The van der Waals surface area contributed by atoms with E-state index >= 15 is 0 Å². The molecule has 1 atom stereocenters. The monoisotopic (exact) mass is 453 g/mol. The highest BCUT2D eigenvalue weighted by Crippen LogP contribution is 2.23. The first kappa shape index (κ1) is 23.3. The average Bonchev–Trinajstić information content (AvgIpc) is 2.76. The number of hydrogen-bond donors (Lipinski definition) is 1. The van der Waals surface area contributed by atoms with Gasteiger partial charge in [0.1, 0.15) is 11.5 Å². The quantitative estimate of drug-likeness (QED) is 0.609. The summed E-state index contributed by atoms with van der Waals surface area (Å²) in [7, 11) is 0. The van der Waals surface area contributed by atoms with Gasteiger partial charge >= 0.3 is 0 Å². The molecule has 4 rings (SSSR count). The molecule has 2 aromatic heterocycles. The molecule has 1 aromatic carbocycles. The van der Waals surface area contributed by atoms with Crippen LogP contribution in [-0.2, 0) is 17.8 Å². The summed E-state index contributed by atoms with van der Waals surface area (Å²) in [5.74, 6) is 0.103. The van der Waals surface area contributed by atoms with Crippen molar-refractivity contribution in [2.75, 3.05) is 31.6 Å². The van der Waals surface area contributed by atoms with Gasteiger partial charge in [-0.2, -0.15) is 4.98 Å². The van der Waals surface area contributed by atoms with E-state index in [9.17, 15) is 9.18 Å². The second kappa shape index (κ2) is 9.57. The highest BCUT2D eigenvalue weighted by atomic mass is 19.1. The molecule has 0 aliphatic carbocycles. The SMILES string of the molecule is CC(Nc1ncc2ccc(=O)n(CC(C)(C)C)c2n1)c1ccc(CN2CCOCC2)cc1F. The number of aromatic nitrogens is 3. The Labute approximate surface area is 193 Å². The van der Waals surface area contributed by atoms with Crippen LogP contribution in [0, 0.1) is 11.2 Å². The molecule has 0 spiro atoms. The third kappa shape index (κ3) is 5.75. The van der Waals surface area contributed by atoms with Crippen molar-refractivity contribution in [1.82, 2.24) is 19.4 Å². The second-order valence-corrected chi connectivity index (χ2v) is 9.90. The lowest BCUT2D eigenvalue weighted by molar-refractivity contribution is 0.0341. The molecule has 1 fully saturated rings. The molecule has 33 heavy (non-hydrogen) atoms. The molecule has 1 aliphatic heterocycles. The van der Waals surface area contributed by atoms with E-state index in [0.717, 1.165) is 37.3 Å². The number of fused-ring (bicyclic) bond motifs is 1. The van der Waals surface area contributed by atoms with Crippen molar-refractivity contribution in [3.05, 3.63) is 63.8 Å². The van der Waals surface area contributed by atoms with Crippen LogP contribution >= 0.6 is 0 Å². The molecule has 0 amide bonds. The standard InChI is InChI=1S/C25H32FN5O2/c1-17(20-7-5-18(13-21(20)26)15-30-9-11-33-12-10-30)28-24-27-14-19-6-8-22(32)31(23(19)29-24)16-25(2,3)4/h5-8,13-14,17H,9-12,15-16H2,1-4H3,(H,27,28,29). The maximum Gasteiger partial charge on any atom is 0.252 e. The number of rotatable bonds is 6. The molecule has 3 aromatic rings. The predicted molar refractivity (Wildman–Crippen MR) is 128 cm³/mol. The fraction of sp³-hybridized carbons (Fsp3) is 0.480. The third-order valence-electron chi connectivity index (χ3n) is 5.74. The van der Waals surface area contributed by atoms with Crippen molar-refractivity contribution in [2.24, 2.45) is 5.41 Å². The zero-order chi connectivity index (χ0) is 23.6. The van der Waals surface area contributed by atoms with Crippen molar-refractivity contribution >= 4 is 17.0 Å². The van der Waals surface area contributed by atoms with Gasteiger partial charge in [0.2, 0.25) is 5.95 Å². The van der Waals surface area contributed by atoms with Gasteiger partial charge in [-0.25, -0.2) is 9.37 Å². The van der Waals surface area contributed by atoms with Crippen LogP contribution in [0.3, 0.4) is 0 Å². The van der Waals surface area contributed by atoms with Gasteiger partial charge in [0.15, 0.2) is 0 Å². The van der Waals surface area contributed by atoms with E-state index in [-0.39, 0.29) is 22.8 Å². The predicted octanol–water partition coefficient (Wildman–Crippen LogP) is 3.98. The smallest absolute Gasteiger partial charge is 0.252 e. The Morgan fingerprint density at radius 2 is 1.94 bits per heavy atom. The van der Waals surface area contributed by atoms with Crippen LogP contribution in [-0.4, -0.2) is 45.7 Å². The maximum atomic E-state index is 14.9. The summed E-state index contributed by atoms with van der Waals surface area (Å²) in [5, 5.41) is 3.98. The first-order chi connectivity index (χ1) is 15.7. The van der Waals surface area contributed by atoms with E-state index in [4.69, 9.17) is 4.74 Å². The molecule has 8 heteroatoms. The molecule has 176 valence electrons. The average molecular weight is 454 g/mol. The fourth-order valence-electron chi connectivity index (χ4n) is 4.08. The van der Waals surface area contributed by atoms with Crippen molar-refractivity contribution in [2.45, 2.75) is 46.8 Å². The largest absolute Gasteiger partial charge is 0.379 e. The molecule has 3 heterocycles. The number of nitrogens with zero attached hydrogens (tertiary/aromatic N) is 4. The summed E-state index contributed by atoms with van der Waals surface area (Å²) >= 11 is 0. The van der Waals surface area contributed by atoms with Crippen LogP contribution in [0.2, 0.25) is 0 Å². The maximum absolute atomic E-state index is 14.9. The molecule has 1 N–H and O–H groups in total. The summed E-state index contributed by atoms with van der Waals surface area (Å²) in [5.41, 5.74) is 1.87. The highest BCUT2D eigenvalue weighted by molar-refractivity contribution is 5.75. The molecule has 1 aliphatic rings. The van der Waals surface area contributed by atoms with Gasteiger partial charge in [-0.15, -0.1) is 0 Å². The topological polar surface area (TPSA) is 72.3 Å². The lowest BCUT2D eigenvalue weighted by Crippen LogP contribution is -2.35. The van der Waals surface area contributed by atoms with Crippen LogP contribution in [0.4, 0.5) is 10.3 Å². The van der Waals surface area contributed by atoms with Gasteiger partial charge in [-0.05, 0) is 30.0 Å². The number of halogens is 1. The lowest BCUT2D eigenvalue weighted by atomic mass is 9.97. The van der Waals surface area contributed by atoms with Gasteiger partial charge in [-0.1, -0.05) is 32.9 Å². The number of morpholine rings is 1. The van der Waals surface area contributed by atoms with E-state index in [1.54, 1.807) is 29.0 Å². The molecular formula is C25H32FN5O2. The first-order valence-corrected chi connectivity index (χ1v) is 11.4. The Kier molecular flexibility index (Phi) is 6.76. The minimum atomic E-state index is -0.341. The van der Waals surface area contributed by atoms with E-state index in [2.05, 4.69) is 41.0 Å². The highest BCUT2D eigenvalue weighted by Gasteiger charge is 2.18. The van der Waals surface area contributed by atoms with E-state index < -0.39 is 0 Å². The van der Waals surface area contributed by atoms with Gasteiger partial charge in [0.05, 0.1) is 19.3 Å². The third-order valence-corrected chi connectivity index (χ3v) is 5.74. The summed E-state index contributed by atoms with van der Waals surface area (Å²) < 4.78 is 22.0. The zero-order valence-electron chi connectivity index (χ0n) is 19.8. The van der Waals surface area contributed by atoms with Gasteiger partial charge in [0.25, 0.3) is 5.56 Å². The summed E-state index contributed by atoms with van der Waals surface area (Å²) in [6.07, 6.45) is 1.69. The van der Waals surface area contributed by atoms with Gasteiger partial charge in [-0.3, -0.25) is 14.3 Å². The van der Waals surface area contributed by atoms with E-state index in [0.29, 0.717) is 30.2 Å². The summed E-state index contributed by atoms with van der Waals surface area (Å²) in [6.45, 7) is 12.5. The van der Waals surface area contributed by atoms with Crippen LogP contribution < -0.4 is 10.9 Å². The van der Waals surface area contributed by atoms with Gasteiger partial charge < -0.3 is 10.1 Å². The fourth-order valence-corrected chi connectivity index (χ4v) is 4.08. The Balaban J connectivity index is 1.54. The molecule has 7 nitrogen and oxygen atoms in total. The van der Waals surface area contributed by atoms with E-state index in [1.807, 2.05) is 19.1 Å². The van der Waals surface area contributed by atoms with Crippen LogP contribution in [0.5, 0.6) is 0 Å². The van der Waals surface area contributed by atoms with Crippen LogP contribution in [0.15, 0.2) is 41.3 Å². The zero-order valence-corrected chi connectivity index (χ0v) is 19.8. The summed E-state index contributed by atoms with van der Waals surface area (Å²) in [4.78, 5) is 23.8. The van der Waals surface area contributed by atoms with E-state index in [1.165, 1.54) is 0 Å². The number of nitrogens with one attached hydrogen (secondary N) is 1. The van der Waals surface area contributed by atoms with Crippen molar-refractivity contribution in [1.29, 1.82) is 0 Å². The van der Waals surface area contributed by atoms with Gasteiger partial charge in [0, 0.05) is 49.4 Å². The second-order valence-electron chi connectivity index (χ2n) is 9.90. The number of anilines is 1. The Morgan fingerprint density at radius 3 is 2.64 bits per heavy atom. The lowest BCUT2D eigenvalue weighted by Gasteiger charge is -2.26. The molecule has 1 unspecified atom stereocenters. The minimum absolute atomic E-state index is 0.0873. The number of pyridine rings is 1. The molecular weight excluding hydrogens is 421 g/mol. The van der Waals surface area contributed by atoms with Crippen molar-refractivity contribution in [3.63, 3.8) is 0 Å². The normalized spacial score (nSPS) is 16.2. The molecule has 0 bridgehead atoms. The van der Waals surface area contributed by atoms with Crippen LogP contribution in [0.1, 0.15) is 44.9 Å². The van der Waals surface area contributed by atoms with Crippen molar-refractivity contribution in [3.8, 4) is 0 Å². The molecule has 0 radical (unpaired) electrons.